The number of nitrogens with zero attached hydrogens (tertiary/aromatic N) is 6. The van der Waals surface area contributed by atoms with Crippen LogP contribution in [0.5, 0.6) is 5.75 Å². The second kappa shape index (κ2) is 13.4. The van der Waals surface area contributed by atoms with Crippen LogP contribution in [0, 0.1) is 0 Å². The third-order valence-corrected chi connectivity index (χ3v) is 7.58. The number of halogens is 9. The van der Waals surface area contributed by atoms with Crippen LogP contribution in [0.4, 0.5) is 51.1 Å². The van der Waals surface area contributed by atoms with E-state index in [2.05, 4.69) is 20.1 Å². The number of benzene rings is 2. The highest BCUT2D eigenvalue weighted by atomic mass is 19.4. The molecule has 0 N–H and O–H groups in total. The van der Waals surface area contributed by atoms with Crippen LogP contribution in [0.3, 0.4) is 0 Å². The molecule has 0 spiro atoms. The summed E-state index contributed by atoms with van der Waals surface area (Å²) in [4.78, 5) is 17.3. The molecule has 3 aromatic rings. The van der Waals surface area contributed by atoms with Gasteiger partial charge in [0.15, 0.2) is 0 Å². The fourth-order valence-electron chi connectivity index (χ4n) is 5.55. The number of aromatic nitrogens is 4. The van der Waals surface area contributed by atoms with Gasteiger partial charge in [0.05, 0.1) is 24.2 Å². The van der Waals surface area contributed by atoms with Crippen molar-refractivity contribution in [3.05, 3.63) is 58.7 Å². The SMILES string of the molecule is CCCCCC(=O)N1c2ccc(OC(F)(F)F)cc2[C@@H](N(Cc2cc(C(F)(F)F)cc(C(F)(F)F)c2)c2nnn(C)n2)C[C@H]1CC. The van der Waals surface area contributed by atoms with Gasteiger partial charge in [-0.05, 0) is 66.4 Å². The molecule has 0 bridgehead atoms. The number of fused-ring (bicyclic) bond motifs is 1. The summed E-state index contributed by atoms with van der Waals surface area (Å²) < 4.78 is 126. The van der Waals surface area contributed by atoms with E-state index in [9.17, 15) is 44.3 Å². The molecule has 1 amide bonds. The van der Waals surface area contributed by atoms with Crippen LogP contribution in [-0.4, -0.2) is 38.5 Å². The summed E-state index contributed by atoms with van der Waals surface area (Å²) in [6.07, 6.45) is -12.5. The quantitative estimate of drug-likeness (QED) is 0.161. The molecule has 252 valence electrons. The number of ether oxygens (including phenoxy) is 1. The first-order chi connectivity index (χ1) is 21.4. The minimum Gasteiger partial charge on any atom is -0.406 e. The molecule has 17 heteroatoms. The normalized spacial score (nSPS) is 17.2. The molecule has 0 fully saturated rings. The number of rotatable bonds is 10. The van der Waals surface area contributed by atoms with Crippen LogP contribution in [0.2, 0.25) is 0 Å². The summed E-state index contributed by atoms with van der Waals surface area (Å²) in [6, 6.07) is 2.96. The summed E-state index contributed by atoms with van der Waals surface area (Å²) in [6.45, 7) is 3.13. The summed E-state index contributed by atoms with van der Waals surface area (Å²) in [5.74, 6) is -1.11. The van der Waals surface area contributed by atoms with Crippen molar-refractivity contribution in [1.29, 1.82) is 0 Å². The summed E-state index contributed by atoms with van der Waals surface area (Å²) in [7, 11) is 1.39. The molecule has 0 radical (unpaired) electrons. The highest BCUT2D eigenvalue weighted by molar-refractivity contribution is 5.95. The van der Waals surface area contributed by atoms with Crippen molar-refractivity contribution >= 4 is 17.5 Å². The van der Waals surface area contributed by atoms with E-state index in [1.54, 1.807) is 6.92 Å². The lowest BCUT2D eigenvalue weighted by Gasteiger charge is -2.44. The maximum Gasteiger partial charge on any atom is 0.573 e. The van der Waals surface area contributed by atoms with Crippen molar-refractivity contribution in [2.75, 3.05) is 9.80 Å². The van der Waals surface area contributed by atoms with Crippen LogP contribution in [0.15, 0.2) is 36.4 Å². The number of carbonyl (C=O) groups excluding carboxylic acids is 1. The molecule has 4 rings (SSSR count). The van der Waals surface area contributed by atoms with Gasteiger partial charge in [0, 0.05) is 30.3 Å². The first-order valence-corrected chi connectivity index (χ1v) is 14.4. The maximum atomic E-state index is 13.7. The Bertz CT molecular complexity index is 1490. The van der Waals surface area contributed by atoms with Gasteiger partial charge in [-0.3, -0.25) is 4.79 Å². The van der Waals surface area contributed by atoms with E-state index < -0.39 is 59.8 Å². The van der Waals surface area contributed by atoms with E-state index >= 15 is 0 Å². The topological polar surface area (TPSA) is 76.4 Å². The van der Waals surface area contributed by atoms with Gasteiger partial charge in [0.25, 0.3) is 5.95 Å². The van der Waals surface area contributed by atoms with Gasteiger partial charge in [-0.1, -0.05) is 31.8 Å². The minimum absolute atomic E-state index is 0.000218. The van der Waals surface area contributed by atoms with Crippen LogP contribution in [-0.2, 0) is 30.7 Å². The van der Waals surface area contributed by atoms with Crippen molar-refractivity contribution in [3.8, 4) is 5.75 Å². The Hall–Kier alpha value is -4.05. The molecule has 0 saturated carbocycles. The second-order valence-corrected chi connectivity index (χ2v) is 10.9. The largest absolute Gasteiger partial charge is 0.573 e. The average Bonchev–Trinajstić information content (AvgIpc) is 3.39. The monoisotopic (exact) mass is 666 g/mol. The first kappa shape index (κ1) is 34.8. The third-order valence-electron chi connectivity index (χ3n) is 7.58. The molecule has 2 aromatic carbocycles. The predicted octanol–water partition coefficient (Wildman–Crippen LogP) is 7.99. The van der Waals surface area contributed by atoms with Gasteiger partial charge >= 0.3 is 18.7 Å². The minimum atomic E-state index is -5.11. The second-order valence-electron chi connectivity index (χ2n) is 10.9. The van der Waals surface area contributed by atoms with Gasteiger partial charge in [-0.15, -0.1) is 18.3 Å². The molecule has 1 aliphatic rings. The molecular weight excluding hydrogens is 635 g/mol. The lowest BCUT2D eigenvalue weighted by molar-refractivity contribution is -0.274. The number of alkyl halides is 9. The number of hydrogen-bond donors (Lipinski definition) is 0. The zero-order valence-electron chi connectivity index (χ0n) is 25.0. The van der Waals surface area contributed by atoms with Crippen LogP contribution in [0.25, 0.3) is 0 Å². The van der Waals surface area contributed by atoms with Gasteiger partial charge in [0.2, 0.25) is 5.91 Å². The molecule has 2 atom stereocenters. The summed E-state index contributed by atoms with van der Waals surface area (Å²) >= 11 is 0. The number of anilines is 2. The van der Waals surface area contributed by atoms with Crippen molar-refractivity contribution < 1.29 is 49.0 Å². The Kier molecular flexibility index (Phi) is 10.1. The Labute approximate surface area is 258 Å². The lowest BCUT2D eigenvalue weighted by atomic mass is 9.87. The highest BCUT2D eigenvalue weighted by Gasteiger charge is 2.41. The van der Waals surface area contributed by atoms with Crippen LogP contribution >= 0.6 is 0 Å². The molecule has 1 aromatic heterocycles. The molecule has 0 unspecified atom stereocenters. The van der Waals surface area contributed by atoms with Crippen molar-refractivity contribution in [2.24, 2.45) is 7.05 Å². The Morgan fingerprint density at radius 3 is 2.13 bits per heavy atom. The van der Waals surface area contributed by atoms with Gasteiger partial charge in [-0.2, -0.15) is 31.1 Å². The molecule has 46 heavy (non-hydrogen) atoms. The van der Waals surface area contributed by atoms with E-state index in [0.29, 0.717) is 25.0 Å². The molecule has 2 heterocycles. The molecular formula is C29H31F9N6O2. The Morgan fingerprint density at radius 1 is 0.957 bits per heavy atom. The predicted molar refractivity (Wildman–Crippen MR) is 148 cm³/mol. The fourth-order valence-corrected chi connectivity index (χ4v) is 5.55. The van der Waals surface area contributed by atoms with Crippen molar-refractivity contribution in [2.45, 2.75) is 89.7 Å². The Morgan fingerprint density at radius 2 is 1.61 bits per heavy atom. The third kappa shape index (κ3) is 8.20. The number of aryl methyl sites for hydroxylation is 1. The zero-order chi connectivity index (χ0) is 34.0. The number of tetrazole rings is 1. The summed E-state index contributed by atoms with van der Waals surface area (Å²) in [5, 5.41) is 11.8. The molecule has 8 nitrogen and oxygen atoms in total. The molecule has 0 aliphatic carbocycles. The molecule has 1 aliphatic heterocycles. The van der Waals surface area contributed by atoms with E-state index in [1.807, 2.05) is 6.92 Å². The molecule has 0 saturated heterocycles. The maximum absolute atomic E-state index is 13.7. The first-order valence-electron chi connectivity index (χ1n) is 14.4. The number of amides is 1. The van der Waals surface area contributed by atoms with E-state index in [-0.39, 0.29) is 42.0 Å². The number of hydrogen-bond acceptors (Lipinski definition) is 6. The summed E-state index contributed by atoms with van der Waals surface area (Å²) in [5.41, 5.74) is -3.14. The van der Waals surface area contributed by atoms with E-state index in [4.69, 9.17) is 0 Å². The van der Waals surface area contributed by atoms with Crippen molar-refractivity contribution in [3.63, 3.8) is 0 Å². The van der Waals surface area contributed by atoms with Crippen LogP contribution in [0.1, 0.15) is 80.7 Å². The highest BCUT2D eigenvalue weighted by Crippen LogP contribution is 2.46. The smallest absolute Gasteiger partial charge is 0.406 e. The standard InChI is InChI=1S/C29H31F9N6O2/c1-4-6-7-8-25(45)44-20(5-2)14-24(22-15-21(9-10-23(22)44)46-29(36,37)38)43(26-39-41-42(3)40-26)16-17-11-18(27(30,31)32)13-19(12-17)28(33,34)35/h9-13,15,20,24H,4-8,14,16H2,1-3H3/t20-,24+/m1/s1. The van der Waals surface area contributed by atoms with Gasteiger partial charge in [-0.25, -0.2) is 0 Å². The van der Waals surface area contributed by atoms with Crippen LogP contribution < -0.4 is 14.5 Å². The fraction of sp³-hybridized carbons (Fsp3) is 0.517. The average molecular weight is 667 g/mol. The van der Waals surface area contributed by atoms with E-state index in [1.165, 1.54) is 22.9 Å². The van der Waals surface area contributed by atoms with E-state index in [0.717, 1.165) is 29.8 Å². The number of carbonyl (C=O) groups is 1. The van der Waals surface area contributed by atoms with Gasteiger partial charge < -0.3 is 14.5 Å². The lowest BCUT2D eigenvalue weighted by Crippen LogP contribution is -2.47. The van der Waals surface area contributed by atoms with Gasteiger partial charge in [0.1, 0.15) is 5.75 Å². The van der Waals surface area contributed by atoms with Crippen molar-refractivity contribution in [1.82, 2.24) is 20.2 Å². The Balaban J connectivity index is 1.89. The number of unbranched alkanes of at least 4 members (excludes halogenated alkanes) is 2. The zero-order valence-corrected chi connectivity index (χ0v) is 25.0.